The van der Waals surface area contributed by atoms with E-state index in [0.717, 1.165) is 16.7 Å². The van der Waals surface area contributed by atoms with Crippen LogP contribution in [-0.2, 0) is 19.9 Å². The lowest BCUT2D eigenvalue weighted by atomic mass is 10.0. The molecule has 0 bridgehead atoms. The Balaban J connectivity index is 1.73. The molecule has 1 fully saturated rings. The monoisotopic (exact) mass is 407 g/mol. The van der Waals surface area contributed by atoms with E-state index in [0.29, 0.717) is 0 Å². The molecule has 0 spiro atoms. The average molecular weight is 408 g/mol. The molecule has 0 unspecified atom stereocenters. The lowest BCUT2D eigenvalue weighted by Gasteiger charge is -2.37. The molecular weight excluding hydrogens is 382 g/mol. The van der Waals surface area contributed by atoms with Gasteiger partial charge in [-0.1, -0.05) is 55.8 Å². The summed E-state index contributed by atoms with van der Waals surface area (Å²) in [6.45, 7) is 5.78. The van der Waals surface area contributed by atoms with Crippen molar-refractivity contribution >= 4 is 19.9 Å². The van der Waals surface area contributed by atoms with Gasteiger partial charge in [0.15, 0.2) is 9.84 Å². The first-order valence-corrected chi connectivity index (χ1v) is 12.1. The molecule has 0 aromatic heterocycles. The number of sulfone groups is 1. The van der Waals surface area contributed by atoms with Gasteiger partial charge in [0.1, 0.15) is 0 Å². The third-order valence-corrected chi connectivity index (χ3v) is 9.02. The first kappa shape index (κ1) is 20.0. The van der Waals surface area contributed by atoms with Crippen molar-refractivity contribution in [1.29, 1.82) is 0 Å². The van der Waals surface area contributed by atoms with E-state index in [-0.39, 0.29) is 29.7 Å². The van der Waals surface area contributed by atoms with Crippen LogP contribution >= 0.6 is 0 Å². The number of hydrogen-bond acceptors (Lipinski definition) is 4. The molecule has 5 nitrogen and oxygen atoms in total. The second-order valence-corrected chi connectivity index (χ2v) is 11.8. The normalized spacial score (nSPS) is 16.4. The number of sulfonamides is 1. The van der Waals surface area contributed by atoms with Gasteiger partial charge in [0.05, 0.1) is 15.9 Å². The van der Waals surface area contributed by atoms with Crippen LogP contribution in [0.4, 0.5) is 0 Å². The van der Waals surface area contributed by atoms with Crippen LogP contribution in [0.15, 0.2) is 53.4 Å². The summed E-state index contributed by atoms with van der Waals surface area (Å²) < 4.78 is 51.2. The highest BCUT2D eigenvalue weighted by molar-refractivity contribution is 7.92. The molecule has 0 radical (unpaired) electrons. The zero-order valence-corrected chi connectivity index (χ0v) is 17.4. The van der Waals surface area contributed by atoms with Gasteiger partial charge >= 0.3 is 0 Å². The molecule has 0 N–H and O–H groups in total. The minimum atomic E-state index is -3.66. The van der Waals surface area contributed by atoms with Crippen LogP contribution in [0.5, 0.6) is 0 Å². The third kappa shape index (κ3) is 4.25. The molecule has 0 aliphatic carbocycles. The van der Waals surface area contributed by atoms with E-state index in [1.54, 1.807) is 24.3 Å². The SMILES string of the molecule is Cc1cccc(-c2ccc(S(=O)(=O)N3CC(S(=O)(=O)CC(C)C)C3)cc2)c1. The van der Waals surface area contributed by atoms with E-state index in [1.165, 1.54) is 4.31 Å². The molecule has 2 aromatic rings. The molecule has 146 valence electrons. The fourth-order valence-electron chi connectivity index (χ4n) is 3.22. The van der Waals surface area contributed by atoms with Crippen LogP contribution in [0.3, 0.4) is 0 Å². The van der Waals surface area contributed by atoms with Gasteiger partial charge in [0.2, 0.25) is 10.0 Å². The van der Waals surface area contributed by atoms with Crippen LogP contribution in [-0.4, -0.2) is 45.2 Å². The summed E-state index contributed by atoms with van der Waals surface area (Å²) in [5.74, 6) is 0.131. The van der Waals surface area contributed by atoms with Crippen molar-refractivity contribution in [2.45, 2.75) is 30.9 Å². The highest BCUT2D eigenvalue weighted by Gasteiger charge is 2.43. The van der Waals surface area contributed by atoms with Gasteiger partial charge in [-0.15, -0.1) is 0 Å². The van der Waals surface area contributed by atoms with Crippen molar-refractivity contribution in [3.63, 3.8) is 0 Å². The zero-order valence-electron chi connectivity index (χ0n) is 15.8. The van der Waals surface area contributed by atoms with E-state index in [1.807, 2.05) is 45.0 Å². The Morgan fingerprint density at radius 3 is 2.15 bits per heavy atom. The Labute approximate surface area is 162 Å². The van der Waals surface area contributed by atoms with E-state index in [2.05, 4.69) is 0 Å². The maximum absolute atomic E-state index is 12.7. The summed E-state index contributed by atoms with van der Waals surface area (Å²) in [6.07, 6.45) is 0. The maximum Gasteiger partial charge on any atom is 0.243 e. The molecule has 0 amide bonds. The van der Waals surface area contributed by atoms with Gasteiger partial charge in [-0.25, -0.2) is 16.8 Å². The predicted molar refractivity (Wildman–Crippen MR) is 108 cm³/mol. The zero-order chi connectivity index (χ0) is 19.8. The molecule has 27 heavy (non-hydrogen) atoms. The number of rotatable bonds is 6. The maximum atomic E-state index is 12.7. The number of aryl methyl sites for hydroxylation is 1. The highest BCUT2D eigenvalue weighted by Crippen LogP contribution is 2.28. The molecule has 2 aromatic carbocycles. The van der Waals surface area contributed by atoms with Crippen LogP contribution in [0, 0.1) is 12.8 Å². The van der Waals surface area contributed by atoms with Crippen LogP contribution in [0.1, 0.15) is 19.4 Å². The molecule has 3 rings (SSSR count). The molecule has 1 heterocycles. The first-order chi connectivity index (χ1) is 12.6. The van der Waals surface area contributed by atoms with Crippen molar-refractivity contribution in [3.8, 4) is 11.1 Å². The summed E-state index contributed by atoms with van der Waals surface area (Å²) in [4.78, 5) is 0.193. The standard InChI is InChI=1S/C20H25NO4S2/c1-15(2)14-26(22,23)20-12-21(13-20)27(24,25)19-9-7-17(8-10-19)18-6-4-5-16(3)11-18/h4-11,15,20H,12-14H2,1-3H3. The summed E-state index contributed by atoms with van der Waals surface area (Å²) in [7, 11) is -6.91. The highest BCUT2D eigenvalue weighted by atomic mass is 32.2. The molecule has 1 saturated heterocycles. The first-order valence-electron chi connectivity index (χ1n) is 8.98. The van der Waals surface area contributed by atoms with Gasteiger partial charge in [-0.2, -0.15) is 4.31 Å². The lowest BCUT2D eigenvalue weighted by molar-refractivity contribution is 0.309. The van der Waals surface area contributed by atoms with Crippen molar-refractivity contribution in [1.82, 2.24) is 4.31 Å². The third-order valence-electron chi connectivity index (χ3n) is 4.73. The van der Waals surface area contributed by atoms with E-state index >= 15 is 0 Å². The van der Waals surface area contributed by atoms with Crippen molar-refractivity contribution < 1.29 is 16.8 Å². The number of hydrogen-bond donors (Lipinski definition) is 0. The van der Waals surface area contributed by atoms with Crippen molar-refractivity contribution in [2.24, 2.45) is 5.92 Å². The van der Waals surface area contributed by atoms with Gasteiger partial charge in [0, 0.05) is 13.1 Å². The minimum Gasteiger partial charge on any atom is -0.228 e. The molecular formula is C20H25NO4S2. The summed E-state index contributed by atoms with van der Waals surface area (Å²) in [5, 5.41) is -0.596. The van der Waals surface area contributed by atoms with Crippen molar-refractivity contribution in [3.05, 3.63) is 54.1 Å². The summed E-state index contributed by atoms with van der Waals surface area (Å²) in [6, 6.07) is 14.7. The Morgan fingerprint density at radius 1 is 0.963 bits per heavy atom. The van der Waals surface area contributed by atoms with Gasteiger partial charge < -0.3 is 0 Å². The van der Waals surface area contributed by atoms with Gasteiger partial charge in [0.25, 0.3) is 0 Å². The molecule has 1 aliphatic rings. The molecule has 1 aliphatic heterocycles. The van der Waals surface area contributed by atoms with Crippen LogP contribution in [0.25, 0.3) is 11.1 Å². The number of nitrogens with zero attached hydrogens (tertiary/aromatic N) is 1. The quantitative estimate of drug-likeness (QED) is 0.738. The minimum absolute atomic E-state index is 0.0369. The Hall–Kier alpha value is -1.70. The van der Waals surface area contributed by atoms with Crippen LogP contribution in [0.2, 0.25) is 0 Å². The molecule has 0 saturated carbocycles. The van der Waals surface area contributed by atoms with Crippen LogP contribution < -0.4 is 0 Å². The fraction of sp³-hybridized carbons (Fsp3) is 0.400. The Kier molecular flexibility index (Phi) is 5.47. The molecule has 7 heteroatoms. The van der Waals surface area contributed by atoms with E-state index in [4.69, 9.17) is 0 Å². The number of benzene rings is 2. The van der Waals surface area contributed by atoms with E-state index in [9.17, 15) is 16.8 Å². The second-order valence-electron chi connectivity index (χ2n) is 7.56. The summed E-state index contributed by atoms with van der Waals surface area (Å²) in [5.41, 5.74) is 3.11. The van der Waals surface area contributed by atoms with E-state index < -0.39 is 25.1 Å². The predicted octanol–water partition coefficient (Wildman–Crippen LogP) is 3.11. The average Bonchev–Trinajstić information content (AvgIpc) is 2.51. The molecule has 0 atom stereocenters. The lowest BCUT2D eigenvalue weighted by Crippen LogP contribution is -2.57. The topological polar surface area (TPSA) is 71.5 Å². The van der Waals surface area contributed by atoms with Gasteiger partial charge in [-0.3, -0.25) is 0 Å². The van der Waals surface area contributed by atoms with Crippen molar-refractivity contribution in [2.75, 3.05) is 18.8 Å². The largest absolute Gasteiger partial charge is 0.243 e. The Bertz CT molecular complexity index is 1020. The summed E-state index contributed by atoms with van der Waals surface area (Å²) >= 11 is 0. The fourth-order valence-corrected chi connectivity index (χ4v) is 6.95. The second kappa shape index (κ2) is 7.37. The smallest absolute Gasteiger partial charge is 0.228 e. The Morgan fingerprint density at radius 2 is 1.59 bits per heavy atom. The van der Waals surface area contributed by atoms with Gasteiger partial charge in [-0.05, 0) is 36.1 Å².